The number of carbonyl (C=O) groups excluding carboxylic acids is 1. The molecule has 0 aromatic rings. The van der Waals surface area contributed by atoms with Crippen molar-refractivity contribution < 1.29 is 42.7 Å². The maximum Gasteiger partial charge on any atom is 0.472 e. The van der Waals surface area contributed by atoms with Gasteiger partial charge >= 0.3 is 19.8 Å². The first-order chi connectivity index (χ1) is 27.7. The van der Waals surface area contributed by atoms with Crippen LogP contribution in [0, 0.1) is 0 Å². The monoisotopic (exact) mass is 822 g/mol. The molecule has 0 aromatic heterocycles. The molecule has 0 fully saturated rings. The zero-order valence-corrected chi connectivity index (χ0v) is 36.6. The number of hydrogen-bond acceptors (Lipinski definition) is 8. The first-order valence-electron chi connectivity index (χ1n) is 22.0. The van der Waals surface area contributed by atoms with E-state index in [2.05, 4.69) is 86.8 Å². The summed E-state index contributed by atoms with van der Waals surface area (Å²) in [4.78, 5) is 33.5. The van der Waals surface area contributed by atoms with Gasteiger partial charge in [0.25, 0.3) is 0 Å². The Kier molecular flexibility index (Phi) is 39.7. The van der Waals surface area contributed by atoms with Gasteiger partial charge in [0, 0.05) is 13.0 Å². The molecule has 3 atom stereocenters. The van der Waals surface area contributed by atoms with E-state index in [4.69, 9.17) is 29.4 Å². The third kappa shape index (κ3) is 41.4. The molecule has 0 amide bonds. The first-order valence-corrected chi connectivity index (χ1v) is 23.5. The number of phosphoric acid groups is 1. The van der Waals surface area contributed by atoms with Crippen molar-refractivity contribution in [2.75, 3.05) is 26.4 Å². The van der Waals surface area contributed by atoms with Crippen molar-refractivity contribution in [2.24, 2.45) is 5.73 Å². The fourth-order valence-corrected chi connectivity index (χ4v) is 6.38. The lowest BCUT2D eigenvalue weighted by molar-refractivity contribution is -0.154. The number of rotatable bonds is 41. The van der Waals surface area contributed by atoms with Crippen molar-refractivity contribution in [2.45, 2.75) is 180 Å². The van der Waals surface area contributed by atoms with E-state index >= 15 is 0 Å². The number of carboxylic acid groups (broad SMARTS) is 1. The molecule has 57 heavy (non-hydrogen) atoms. The third-order valence-corrected chi connectivity index (χ3v) is 9.95. The number of carboxylic acids is 1. The highest BCUT2D eigenvalue weighted by atomic mass is 31.2. The molecule has 0 bridgehead atoms. The molecule has 0 saturated heterocycles. The lowest BCUT2D eigenvalue weighted by Crippen LogP contribution is -2.34. The molecule has 0 aliphatic rings. The van der Waals surface area contributed by atoms with Crippen molar-refractivity contribution in [3.63, 3.8) is 0 Å². The fourth-order valence-electron chi connectivity index (χ4n) is 5.61. The summed E-state index contributed by atoms with van der Waals surface area (Å²) < 4.78 is 33.3. The largest absolute Gasteiger partial charge is 0.480 e. The lowest BCUT2D eigenvalue weighted by atomic mass is 10.1. The Bertz CT molecular complexity index is 1180. The molecule has 0 aromatic carbocycles. The van der Waals surface area contributed by atoms with Crippen LogP contribution in [0.15, 0.2) is 72.9 Å². The van der Waals surface area contributed by atoms with Gasteiger partial charge in [-0.1, -0.05) is 170 Å². The van der Waals surface area contributed by atoms with Crippen molar-refractivity contribution in [3.05, 3.63) is 72.9 Å². The van der Waals surface area contributed by atoms with Gasteiger partial charge in [0.1, 0.15) is 12.1 Å². The number of aliphatic carboxylic acids is 1. The molecule has 11 heteroatoms. The number of unbranched alkanes of at least 4 members (excludes halogenated alkanes) is 15. The molecule has 0 aliphatic carbocycles. The molecule has 0 spiro atoms. The van der Waals surface area contributed by atoms with E-state index in [0.29, 0.717) is 13.0 Å². The van der Waals surface area contributed by atoms with Gasteiger partial charge in [-0.2, -0.15) is 0 Å². The zero-order chi connectivity index (χ0) is 41.9. The summed E-state index contributed by atoms with van der Waals surface area (Å²) in [6.07, 6.45) is 50.9. The summed E-state index contributed by atoms with van der Waals surface area (Å²) in [7, 11) is -4.62. The minimum absolute atomic E-state index is 0.00433. The SMILES string of the molecule is CC/C=C\C/C=C\C/C=C\C/C=C\C/C=C\C/C=C\CCCCCCC(=O)OC(COCCCCCCCCCCCCCC)COP(=O)(O)OCC(N)C(=O)O. The Morgan fingerprint density at radius 3 is 1.53 bits per heavy atom. The quantitative estimate of drug-likeness (QED) is 0.0235. The molecule has 0 saturated carbocycles. The molecule has 0 radical (unpaired) electrons. The van der Waals surface area contributed by atoms with Gasteiger partial charge in [-0.3, -0.25) is 18.6 Å². The summed E-state index contributed by atoms with van der Waals surface area (Å²) in [6.45, 7) is 3.72. The second-order valence-electron chi connectivity index (χ2n) is 14.4. The number of phosphoric ester groups is 1. The maximum absolute atomic E-state index is 12.6. The number of carbonyl (C=O) groups is 2. The highest BCUT2D eigenvalue weighted by Crippen LogP contribution is 2.43. The second kappa shape index (κ2) is 41.6. The Hall–Kier alpha value is -2.59. The zero-order valence-electron chi connectivity index (χ0n) is 35.7. The van der Waals surface area contributed by atoms with E-state index in [9.17, 15) is 19.0 Å². The van der Waals surface area contributed by atoms with Crippen LogP contribution in [-0.4, -0.2) is 60.5 Å². The molecule has 0 heterocycles. The molecule has 3 unspecified atom stereocenters. The van der Waals surface area contributed by atoms with Crippen LogP contribution in [0.25, 0.3) is 0 Å². The van der Waals surface area contributed by atoms with Crippen LogP contribution in [0.2, 0.25) is 0 Å². The van der Waals surface area contributed by atoms with Gasteiger partial charge in [0.05, 0.1) is 19.8 Å². The van der Waals surface area contributed by atoms with Crippen molar-refractivity contribution in [3.8, 4) is 0 Å². The molecule has 328 valence electrons. The Labute approximate surface area is 346 Å². The average Bonchev–Trinajstić information content (AvgIpc) is 3.19. The minimum atomic E-state index is -4.62. The molecule has 0 rings (SSSR count). The van der Waals surface area contributed by atoms with Crippen LogP contribution in [0.3, 0.4) is 0 Å². The molecular formula is C46H80NO9P. The number of allylic oxidation sites excluding steroid dienone is 12. The number of ether oxygens (including phenoxy) is 2. The molecule has 4 N–H and O–H groups in total. The Morgan fingerprint density at radius 1 is 0.579 bits per heavy atom. The molecule has 10 nitrogen and oxygen atoms in total. The highest BCUT2D eigenvalue weighted by Gasteiger charge is 2.27. The third-order valence-electron chi connectivity index (χ3n) is 9.00. The topological polar surface area (TPSA) is 155 Å². The normalized spacial score (nSPS) is 14.6. The maximum atomic E-state index is 12.6. The summed E-state index contributed by atoms with van der Waals surface area (Å²) in [5, 5.41) is 8.89. The van der Waals surface area contributed by atoms with E-state index < -0.39 is 45.1 Å². The van der Waals surface area contributed by atoms with Gasteiger partial charge in [0.2, 0.25) is 0 Å². The predicted molar refractivity (Wildman–Crippen MR) is 235 cm³/mol. The first kappa shape index (κ1) is 54.4. The van der Waals surface area contributed by atoms with Crippen LogP contribution >= 0.6 is 7.82 Å². The lowest BCUT2D eigenvalue weighted by Gasteiger charge is -2.20. The summed E-state index contributed by atoms with van der Waals surface area (Å²) in [6, 6.07) is -1.48. The van der Waals surface area contributed by atoms with E-state index in [1.807, 2.05) is 0 Å². The van der Waals surface area contributed by atoms with Gasteiger partial charge in [-0.25, -0.2) is 4.57 Å². The molecule has 0 aliphatic heterocycles. The van der Waals surface area contributed by atoms with Crippen LogP contribution in [0.1, 0.15) is 168 Å². The van der Waals surface area contributed by atoms with Gasteiger partial charge < -0.3 is 25.2 Å². The standard InChI is InChI=1S/C46H80NO9P/c1-3-5-7-9-11-13-15-17-18-19-20-21-22-23-24-25-26-27-28-30-32-34-36-38-45(48)56-43(41-54-57(51,52)55-42-44(47)46(49)50)40-53-39-37-35-33-31-29-16-14-12-10-8-6-4-2/h5,7,11,13,17-18,20-21,23-24,26-27,43-44H,3-4,6,8-10,12,14-16,19,22,25,28-42,47H2,1-2H3,(H,49,50)(H,51,52)/b7-5-,13-11-,18-17-,21-20-,24-23-,27-26-. The number of nitrogens with two attached hydrogens (primary N) is 1. The number of esters is 1. The van der Waals surface area contributed by atoms with E-state index in [0.717, 1.165) is 83.5 Å². The minimum Gasteiger partial charge on any atom is -0.480 e. The number of hydrogen-bond donors (Lipinski definition) is 3. The summed E-state index contributed by atoms with van der Waals surface area (Å²) >= 11 is 0. The Balaban J connectivity index is 4.28. The average molecular weight is 822 g/mol. The van der Waals surface area contributed by atoms with E-state index in [1.54, 1.807) is 0 Å². The van der Waals surface area contributed by atoms with Gasteiger partial charge in [-0.05, 0) is 64.2 Å². The predicted octanol–water partition coefficient (Wildman–Crippen LogP) is 12.2. The fraction of sp³-hybridized carbons (Fsp3) is 0.696. The highest BCUT2D eigenvalue weighted by molar-refractivity contribution is 7.47. The summed E-state index contributed by atoms with van der Waals surface area (Å²) in [5.41, 5.74) is 5.35. The van der Waals surface area contributed by atoms with Crippen LogP contribution < -0.4 is 5.73 Å². The van der Waals surface area contributed by atoms with Crippen molar-refractivity contribution in [1.29, 1.82) is 0 Å². The van der Waals surface area contributed by atoms with E-state index in [-0.39, 0.29) is 13.0 Å². The van der Waals surface area contributed by atoms with Crippen LogP contribution in [-0.2, 0) is 32.7 Å². The van der Waals surface area contributed by atoms with Gasteiger partial charge in [0.15, 0.2) is 0 Å². The summed E-state index contributed by atoms with van der Waals surface area (Å²) in [5.74, 6) is -1.81. The Morgan fingerprint density at radius 2 is 1.02 bits per heavy atom. The van der Waals surface area contributed by atoms with Crippen molar-refractivity contribution in [1.82, 2.24) is 0 Å². The van der Waals surface area contributed by atoms with Crippen LogP contribution in [0.4, 0.5) is 0 Å². The smallest absolute Gasteiger partial charge is 0.472 e. The van der Waals surface area contributed by atoms with E-state index in [1.165, 1.54) is 57.8 Å². The van der Waals surface area contributed by atoms with Crippen LogP contribution in [0.5, 0.6) is 0 Å². The molecular weight excluding hydrogens is 741 g/mol. The second-order valence-corrected chi connectivity index (χ2v) is 15.9. The van der Waals surface area contributed by atoms with Gasteiger partial charge in [-0.15, -0.1) is 0 Å². The van der Waals surface area contributed by atoms with Crippen molar-refractivity contribution >= 4 is 19.8 Å².